The number of hydrogen-bond acceptors (Lipinski definition) is 4. The van der Waals surface area contributed by atoms with E-state index in [-0.39, 0.29) is 29.6 Å². The van der Waals surface area contributed by atoms with E-state index in [1.807, 2.05) is 49.0 Å². The predicted molar refractivity (Wildman–Crippen MR) is 139 cm³/mol. The van der Waals surface area contributed by atoms with Crippen LogP contribution < -0.4 is 20.9 Å². The van der Waals surface area contributed by atoms with Crippen molar-refractivity contribution in [2.24, 2.45) is 0 Å². The molecule has 2 aliphatic rings. The predicted octanol–water partition coefficient (Wildman–Crippen LogP) is 4.87. The monoisotopic (exact) mass is 500 g/mol. The Morgan fingerprint density at radius 2 is 1.91 bits per heavy atom. The molecule has 0 spiro atoms. The summed E-state index contributed by atoms with van der Waals surface area (Å²) in [4.78, 5) is 26.1. The number of rotatable bonds is 9. The lowest BCUT2D eigenvalue weighted by Crippen LogP contribution is -2.36. The highest BCUT2D eigenvalue weighted by Gasteiger charge is 2.42. The maximum absolute atomic E-state index is 14.0. The molecule has 2 aromatic rings. The van der Waals surface area contributed by atoms with Crippen molar-refractivity contribution in [2.45, 2.75) is 43.0 Å². The summed E-state index contributed by atoms with van der Waals surface area (Å²) in [5.41, 5.74) is 2.02. The molecule has 2 fully saturated rings. The minimum absolute atomic E-state index is 0.0905. The van der Waals surface area contributed by atoms with Crippen LogP contribution in [0.4, 0.5) is 25.0 Å². The van der Waals surface area contributed by atoms with E-state index in [0.29, 0.717) is 22.9 Å². The molecule has 2 aromatic carbocycles. The van der Waals surface area contributed by atoms with Crippen molar-refractivity contribution >= 4 is 47.2 Å². The second-order valence-corrected chi connectivity index (χ2v) is 10.3. The largest absolute Gasteiger partial charge is 0.378 e. The number of anilines is 2. The van der Waals surface area contributed by atoms with Gasteiger partial charge in [0.15, 0.2) is 0 Å². The molecule has 2 aliphatic heterocycles. The van der Waals surface area contributed by atoms with E-state index in [2.05, 4.69) is 16.0 Å². The fraction of sp³-hybridized carbons (Fsp3) is 0.385. The van der Waals surface area contributed by atoms with Gasteiger partial charge in [-0.25, -0.2) is 13.6 Å². The Kier molecular flexibility index (Phi) is 7.95. The van der Waals surface area contributed by atoms with E-state index in [0.717, 1.165) is 30.7 Å². The minimum atomic E-state index is -0.642. The van der Waals surface area contributed by atoms with E-state index in [9.17, 15) is 18.4 Å². The second-order valence-electron chi connectivity index (χ2n) is 9.05. The molecule has 6 nitrogen and oxygen atoms in total. The van der Waals surface area contributed by atoms with Crippen LogP contribution in [0.2, 0.25) is 0 Å². The quantitative estimate of drug-likeness (QED) is 0.261. The summed E-state index contributed by atoms with van der Waals surface area (Å²) in [6.45, 7) is 0. The van der Waals surface area contributed by atoms with E-state index in [1.165, 1.54) is 24.3 Å². The molecule has 3 amide bonds. The molecule has 0 aliphatic carbocycles. The van der Waals surface area contributed by atoms with Crippen LogP contribution in [0.25, 0.3) is 12.2 Å². The van der Waals surface area contributed by atoms with Gasteiger partial charge in [0.05, 0.1) is 17.8 Å². The number of hydrogen-bond donors (Lipinski definition) is 3. The topological polar surface area (TPSA) is 73.5 Å². The van der Waals surface area contributed by atoms with Crippen LogP contribution in [0.5, 0.6) is 0 Å². The Balaban J connectivity index is 1.36. The Morgan fingerprint density at radius 3 is 2.66 bits per heavy atom. The van der Waals surface area contributed by atoms with Crippen molar-refractivity contribution in [2.75, 3.05) is 30.1 Å². The number of carbonyl (C=O) groups is 2. The van der Waals surface area contributed by atoms with Gasteiger partial charge in [0.2, 0.25) is 5.91 Å². The number of halogens is 2. The number of benzene rings is 2. The van der Waals surface area contributed by atoms with E-state index < -0.39 is 11.6 Å². The van der Waals surface area contributed by atoms with Gasteiger partial charge in [0, 0.05) is 42.8 Å². The molecule has 0 saturated carbocycles. The van der Waals surface area contributed by atoms with Crippen LogP contribution in [0.15, 0.2) is 36.4 Å². The van der Waals surface area contributed by atoms with Crippen LogP contribution in [0, 0.1) is 11.6 Å². The van der Waals surface area contributed by atoms with Crippen LogP contribution in [0.1, 0.15) is 36.8 Å². The van der Waals surface area contributed by atoms with Gasteiger partial charge in [0.25, 0.3) is 0 Å². The average molecular weight is 501 g/mol. The molecule has 0 radical (unpaired) electrons. The molecule has 35 heavy (non-hydrogen) atoms. The third kappa shape index (κ3) is 6.14. The number of nitrogens with one attached hydrogen (secondary N) is 3. The molecule has 3 unspecified atom stereocenters. The number of thioether (sulfide) groups is 1. The van der Waals surface area contributed by atoms with Gasteiger partial charge in [0.1, 0.15) is 11.6 Å². The SMILES string of the molecule is CN(C)c1ccc(C=Cc2c(F)cccc2F)c(NC(=O)CCCCC2SCC3NC(=O)NC32)c1. The number of urea groups is 1. The lowest BCUT2D eigenvalue weighted by molar-refractivity contribution is -0.116. The molecule has 9 heteroatoms. The van der Waals surface area contributed by atoms with Crippen molar-refractivity contribution < 1.29 is 18.4 Å². The van der Waals surface area contributed by atoms with Crippen molar-refractivity contribution in [3.63, 3.8) is 0 Å². The molecule has 3 N–H and O–H groups in total. The average Bonchev–Trinajstić information content (AvgIpc) is 3.36. The Morgan fingerprint density at radius 1 is 1.14 bits per heavy atom. The van der Waals surface area contributed by atoms with Crippen LogP contribution >= 0.6 is 11.8 Å². The number of carbonyl (C=O) groups excluding carboxylic acids is 2. The summed E-state index contributed by atoms with van der Waals surface area (Å²) in [5, 5.41) is 9.27. The molecule has 2 saturated heterocycles. The fourth-order valence-corrected chi connectivity index (χ4v) is 5.95. The van der Waals surface area contributed by atoms with Crippen molar-refractivity contribution in [1.82, 2.24) is 10.6 Å². The van der Waals surface area contributed by atoms with Crippen LogP contribution in [0.3, 0.4) is 0 Å². The summed E-state index contributed by atoms with van der Waals surface area (Å²) in [5.74, 6) is -0.475. The Bertz CT molecular complexity index is 1100. The molecular formula is C26H30F2N4O2S. The minimum Gasteiger partial charge on any atom is -0.378 e. The second kappa shape index (κ2) is 11.1. The molecule has 0 aromatic heterocycles. The van der Waals surface area contributed by atoms with Gasteiger partial charge in [-0.3, -0.25) is 4.79 Å². The highest BCUT2D eigenvalue weighted by Crippen LogP contribution is 2.33. The Hall–Kier alpha value is -3.07. The molecule has 0 bridgehead atoms. The first-order valence-electron chi connectivity index (χ1n) is 11.7. The van der Waals surface area contributed by atoms with Gasteiger partial charge in [-0.15, -0.1) is 0 Å². The van der Waals surface area contributed by atoms with Gasteiger partial charge < -0.3 is 20.9 Å². The summed E-state index contributed by atoms with van der Waals surface area (Å²) < 4.78 is 28.0. The molecule has 4 rings (SSSR count). The maximum atomic E-state index is 14.0. The number of unbranched alkanes of at least 4 members (excludes halogenated alkanes) is 1. The highest BCUT2D eigenvalue weighted by molar-refractivity contribution is 8.00. The normalized spacial score (nSPS) is 21.0. The Labute approximate surface area is 208 Å². The maximum Gasteiger partial charge on any atom is 0.315 e. The first kappa shape index (κ1) is 25.0. The summed E-state index contributed by atoms with van der Waals surface area (Å²) in [6, 6.07) is 9.58. The van der Waals surface area contributed by atoms with E-state index in [4.69, 9.17) is 0 Å². The van der Waals surface area contributed by atoms with Crippen molar-refractivity contribution in [1.29, 1.82) is 0 Å². The van der Waals surface area contributed by atoms with Crippen LogP contribution in [-0.2, 0) is 4.79 Å². The first-order chi connectivity index (χ1) is 16.8. The zero-order valence-corrected chi connectivity index (χ0v) is 20.6. The van der Waals surface area contributed by atoms with E-state index >= 15 is 0 Å². The number of nitrogens with zero attached hydrogens (tertiary/aromatic N) is 1. The van der Waals surface area contributed by atoms with Crippen LogP contribution in [-0.4, -0.2) is 49.1 Å². The van der Waals surface area contributed by atoms with Gasteiger partial charge in [-0.1, -0.05) is 24.6 Å². The zero-order chi connectivity index (χ0) is 24.9. The van der Waals surface area contributed by atoms with Gasteiger partial charge >= 0.3 is 6.03 Å². The number of amides is 3. The smallest absolute Gasteiger partial charge is 0.315 e. The third-order valence-electron chi connectivity index (χ3n) is 6.34. The lowest BCUT2D eigenvalue weighted by atomic mass is 10.0. The molecule has 186 valence electrons. The first-order valence-corrected chi connectivity index (χ1v) is 12.8. The van der Waals surface area contributed by atoms with Gasteiger partial charge in [-0.2, -0.15) is 11.8 Å². The fourth-order valence-electron chi connectivity index (χ4n) is 4.41. The van der Waals surface area contributed by atoms with Crippen molar-refractivity contribution in [3.8, 4) is 0 Å². The zero-order valence-electron chi connectivity index (χ0n) is 19.8. The summed E-state index contributed by atoms with van der Waals surface area (Å²) in [6.07, 6.45) is 5.93. The molecular weight excluding hydrogens is 470 g/mol. The summed E-state index contributed by atoms with van der Waals surface area (Å²) in [7, 11) is 3.80. The lowest BCUT2D eigenvalue weighted by Gasteiger charge is -2.17. The number of fused-ring (bicyclic) bond motifs is 1. The summed E-state index contributed by atoms with van der Waals surface area (Å²) >= 11 is 1.87. The standard InChI is InChI=1S/C26H30F2N4O2S/c1-32(2)17-12-10-16(11-13-18-19(27)6-5-7-20(18)28)21(14-17)29-24(33)9-4-3-8-23-25-22(15-35-23)30-26(34)31-25/h5-7,10-14,22-23,25H,3-4,8-9,15H2,1-2H3,(H,29,33)(H2,30,31,34). The third-order valence-corrected chi connectivity index (χ3v) is 7.85. The van der Waals surface area contributed by atoms with Gasteiger partial charge in [-0.05, 0) is 48.7 Å². The van der Waals surface area contributed by atoms with Crippen molar-refractivity contribution in [3.05, 3.63) is 59.2 Å². The molecule has 2 heterocycles. The highest BCUT2D eigenvalue weighted by atomic mass is 32.2. The molecule has 3 atom stereocenters. The van der Waals surface area contributed by atoms with E-state index in [1.54, 1.807) is 6.08 Å².